The largest absolute Gasteiger partial charge is 0.270 e. The summed E-state index contributed by atoms with van der Waals surface area (Å²) in [4.78, 5) is 10.5. The van der Waals surface area contributed by atoms with E-state index in [2.05, 4.69) is 6.58 Å². The summed E-state index contributed by atoms with van der Waals surface area (Å²) in [6, 6.07) is 12.8. The first-order chi connectivity index (χ1) is 8.99. The molecule has 0 radical (unpaired) electrons. The second-order valence-electron chi connectivity index (χ2n) is 4.60. The molecule has 0 heterocycles. The van der Waals surface area contributed by atoms with Crippen LogP contribution in [0.4, 0.5) is 5.69 Å². The van der Waals surface area contributed by atoms with Crippen LogP contribution in [0.15, 0.2) is 49.0 Å². The van der Waals surface area contributed by atoms with Gasteiger partial charge in [-0.15, -0.1) is 0 Å². The molecule has 0 unspecified atom stereocenters. The molecule has 0 bridgehead atoms. The lowest BCUT2D eigenvalue weighted by Gasteiger charge is -2.10. The van der Waals surface area contributed by atoms with Crippen LogP contribution in [0.5, 0.6) is 0 Å². The van der Waals surface area contributed by atoms with E-state index < -0.39 is 0 Å². The second kappa shape index (κ2) is 5.06. The van der Waals surface area contributed by atoms with E-state index in [1.165, 1.54) is 11.6 Å². The fourth-order valence-electron chi connectivity index (χ4n) is 1.96. The normalized spacial score (nSPS) is 10.2. The predicted molar refractivity (Wildman–Crippen MR) is 77.1 cm³/mol. The van der Waals surface area contributed by atoms with Gasteiger partial charge < -0.3 is 0 Å². The number of aryl methyl sites for hydroxylation is 2. The Morgan fingerprint density at radius 3 is 2.32 bits per heavy atom. The first kappa shape index (κ1) is 13.0. The summed E-state index contributed by atoms with van der Waals surface area (Å²) in [6.07, 6.45) is 0. The van der Waals surface area contributed by atoms with Crippen LogP contribution in [0.2, 0.25) is 0 Å². The van der Waals surface area contributed by atoms with Gasteiger partial charge in [0.25, 0.3) is 5.69 Å². The number of hydrogen-bond donors (Lipinski definition) is 0. The van der Waals surface area contributed by atoms with E-state index in [0.29, 0.717) is 0 Å². The molecule has 2 aromatic carbocycles. The van der Waals surface area contributed by atoms with Gasteiger partial charge in [-0.25, -0.2) is 0 Å². The van der Waals surface area contributed by atoms with Gasteiger partial charge >= 0.3 is 0 Å². The van der Waals surface area contributed by atoms with Crippen molar-refractivity contribution in [1.29, 1.82) is 0 Å². The zero-order valence-corrected chi connectivity index (χ0v) is 11.0. The SMILES string of the molecule is C=C(c1ccc(C)cc1)c1cc([N+](=O)[O-])ccc1C. The topological polar surface area (TPSA) is 43.1 Å². The van der Waals surface area contributed by atoms with Gasteiger partial charge in [0.2, 0.25) is 0 Å². The quantitative estimate of drug-likeness (QED) is 0.605. The molecule has 0 amide bonds. The highest BCUT2D eigenvalue weighted by Gasteiger charge is 2.11. The molecule has 19 heavy (non-hydrogen) atoms. The molecule has 96 valence electrons. The summed E-state index contributed by atoms with van der Waals surface area (Å²) in [6.45, 7) is 8.01. The summed E-state index contributed by atoms with van der Waals surface area (Å²) in [5, 5.41) is 10.8. The van der Waals surface area contributed by atoms with Crippen molar-refractivity contribution in [2.45, 2.75) is 13.8 Å². The van der Waals surface area contributed by atoms with Crippen LogP contribution in [0.1, 0.15) is 22.3 Å². The molecule has 0 spiro atoms. The highest BCUT2D eigenvalue weighted by Crippen LogP contribution is 2.27. The smallest absolute Gasteiger partial charge is 0.258 e. The number of nitro benzene ring substituents is 1. The molecule has 0 aliphatic carbocycles. The van der Waals surface area contributed by atoms with Crippen LogP contribution in [0.3, 0.4) is 0 Å². The molecule has 2 rings (SSSR count). The fraction of sp³-hybridized carbons (Fsp3) is 0.125. The summed E-state index contributed by atoms with van der Waals surface area (Å²) in [5.41, 5.74) is 4.85. The van der Waals surface area contributed by atoms with E-state index in [-0.39, 0.29) is 10.6 Å². The minimum Gasteiger partial charge on any atom is -0.258 e. The standard InChI is InChI=1S/C16H15NO2/c1-11-4-7-14(8-5-11)13(3)16-10-15(17(18)19)9-6-12(16)2/h4-10H,3H2,1-2H3. The Labute approximate surface area is 112 Å². The maximum atomic E-state index is 10.8. The Bertz CT molecular complexity index is 642. The van der Waals surface area contributed by atoms with Crippen molar-refractivity contribution in [3.8, 4) is 0 Å². The van der Waals surface area contributed by atoms with E-state index >= 15 is 0 Å². The van der Waals surface area contributed by atoms with Gasteiger partial charge in [0.1, 0.15) is 0 Å². The highest BCUT2D eigenvalue weighted by atomic mass is 16.6. The molecule has 3 heteroatoms. The van der Waals surface area contributed by atoms with Crippen LogP contribution in [-0.4, -0.2) is 4.92 Å². The minimum atomic E-state index is -0.384. The Morgan fingerprint density at radius 1 is 1.11 bits per heavy atom. The minimum absolute atomic E-state index is 0.0915. The highest BCUT2D eigenvalue weighted by molar-refractivity contribution is 5.80. The lowest BCUT2D eigenvalue weighted by Crippen LogP contribution is -1.94. The molecule has 0 aliphatic heterocycles. The third kappa shape index (κ3) is 2.71. The van der Waals surface area contributed by atoms with E-state index in [4.69, 9.17) is 0 Å². The number of nitro groups is 1. The van der Waals surface area contributed by atoms with Crippen molar-refractivity contribution in [2.24, 2.45) is 0 Å². The molecule has 0 saturated carbocycles. The zero-order chi connectivity index (χ0) is 14.0. The van der Waals surface area contributed by atoms with Gasteiger partial charge in [-0.2, -0.15) is 0 Å². The molecule has 0 aromatic heterocycles. The summed E-state index contributed by atoms with van der Waals surface area (Å²) in [7, 11) is 0. The number of rotatable bonds is 3. The molecule has 0 fully saturated rings. The second-order valence-corrected chi connectivity index (χ2v) is 4.60. The zero-order valence-electron chi connectivity index (χ0n) is 11.0. The first-order valence-electron chi connectivity index (χ1n) is 6.00. The molecular formula is C16H15NO2. The fourth-order valence-corrected chi connectivity index (χ4v) is 1.96. The molecule has 3 nitrogen and oxygen atoms in total. The lowest BCUT2D eigenvalue weighted by molar-refractivity contribution is -0.384. The van der Waals surface area contributed by atoms with E-state index in [1.54, 1.807) is 12.1 Å². The Balaban J connectivity index is 2.46. The molecule has 0 N–H and O–H groups in total. The van der Waals surface area contributed by atoms with Crippen LogP contribution in [0.25, 0.3) is 5.57 Å². The van der Waals surface area contributed by atoms with Crippen molar-refractivity contribution in [3.05, 3.63) is 81.4 Å². The first-order valence-corrected chi connectivity index (χ1v) is 6.00. The Hall–Kier alpha value is -2.42. The van der Waals surface area contributed by atoms with E-state index in [9.17, 15) is 10.1 Å². The van der Waals surface area contributed by atoms with Crippen molar-refractivity contribution < 1.29 is 4.92 Å². The molecular weight excluding hydrogens is 238 g/mol. The summed E-state index contributed by atoms with van der Waals surface area (Å²) < 4.78 is 0. The number of non-ortho nitro benzene ring substituents is 1. The van der Waals surface area contributed by atoms with Crippen molar-refractivity contribution >= 4 is 11.3 Å². The average molecular weight is 253 g/mol. The lowest BCUT2D eigenvalue weighted by atomic mass is 9.95. The van der Waals surface area contributed by atoms with Gasteiger partial charge in [0.15, 0.2) is 0 Å². The van der Waals surface area contributed by atoms with Crippen molar-refractivity contribution in [2.75, 3.05) is 0 Å². The number of hydrogen-bond acceptors (Lipinski definition) is 2. The van der Waals surface area contributed by atoms with Gasteiger partial charge in [0.05, 0.1) is 4.92 Å². The van der Waals surface area contributed by atoms with Crippen LogP contribution in [-0.2, 0) is 0 Å². The molecule has 0 aliphatic rings. The third-order valence-corrected chi connectivity index (χ3v) is 3.16. The van der Waals surface area contributed by atoms with Gasteiger partial charge in [0, 0.05) is 12.1 Å². The Kier molecular flexibility index (Phi) is 3.47. The predicted octanol–water partition coefficient (Wildman–Crippen LogP) is 4.27. The van der Waals surface area contributed by atoms with Crippen molar-refractivity contribution in [1.82, 2.24) is 0 Å². The van der Waals surface area contributed by atoms with Gasteiger partial charge in [-0.3, -0.25) is 10.1 Å². The maximum absolute atomic E-state index is 10.8. The van der Waals surface area contributed by atoms with Crippen LogP contribution >= 0.6 is 0 Å². The van der Waals surface area contributed by atoms with Crippen molar-refractivity contribution in [3.63, 3.8) is 0 Å². The van der Waals surface area contributed by atoms with Crippen LogP contribution in [0, 0.1) is 24.0 Å². The van der Waals surface area contributed by atoms with Gasteiger partial charge in [-0.05, 0) is 36.1 Å². The van der Waals surface area contributed by atoms with E-state index in [1.807, 2.05) is 38.1 Å². The summed E-state index contributed by atoms with van der Waals surface area (Å²) in [5.74, 6) is 0. The monoisotopic (exact) mass is 253 g/mol. The van der Waals surface area contributed by atoms with E-state index in [0.717, 1.165) is 22.3 Å². The number of benzene rings is 2. The average Bonchev–Trinajstić information content (AvgIpc) is 2.39. The Morgan fingerprint density at radius 2 is 1.74 bits per heavy atom. The number of nitrogens with zero attached hydrogens (tertiary/aromatic N) is 1. The third-order valence-electron chi connectivity index (χ3n) is 3.16. The molecule has 0 atom stereocenters. The molecule has 2 aromatic rings. The summed E-state index contributed by atoms with van der Waals surface area (Å²) >= 11 is 0. The van der Waals surface area contributed by atoms with Crippen LogP contribution < -0.4 is 0 Å². The maximum Gasteiger partial charge on any atom is 0.270 e. The van der Waals surface area contributed by atoms with Gasteiger partial charge in [-0.1, -0.05) is 42.5 Å². The molecule has 0 saturated heterocycles.